The maximum atomic E-state index is 5.93. The van der Waals surface area contributed by atoms with Gasteiger partial charge < -0.3 is 20.1 Å². The molecule has 6 nitrogen and oxygen atoms in total. The summed E-state index contributed by atoms with van der Waals surface area (Å²) in [4.78, 5) is 9.46. The van der Waals surface area contributed by atoms with Crippen LogP contribution >= 0.6 is 11.3 Å². The fraction of sp³-hybridized carbons (Fsp3) is 0.500. The van der Waals surface area contributed by atoms with E-state index in [1.165, 1.54) is 6.42 Å². The first-order valence-corrected chi connectivity index (χ1v) is 10.4. The van der Waals surface area contributed by atoms with Gasteiger partial charge in [0.2, 0.25) is 0 Å². The molecule has 2 aliphatic rings. The summed E-state index contributed by atoms with van der Waals surface area (Å²) in [7, 11) is 1.67. The van der Waals surface area contributed by atoms with E-state index < -0.39 is 0 Å². The highest BCUT2D eigenvalue weighted by Gasteiger charge is 2.41. The Morgan fingerprint density at radius 2 is 2.19 bits per heavy atom. The number of hydrogen-bond acceptors (Lipinski definition) is 5. The standard InChI is InChI=1S/C20H26N4O2S/c1-3-21-20(24-17-10-16-8-9-18(17)26-16)22-11-14-12-27-19(23-14)13-4-6-15(25-2)7-5-13/h4-7,12,16-18H,3,8-11H2,1-2H3,(H2,21,22,24). The molecule has 2 bridgehead atoms. The van der Waals surface area contributed by atoms with Crippen LogP contribution in [0.4, 0.5) is 0 Å². The van der Waals surface area contributed by atoms with E-state index in [-0.39, 0.29) is 0 Å². The summed E-state index contributed by atoms with van der Waals surface area (Å²) >= 11 is 1.64. The molecule has 1 aromatic carbocycles. The van der Waals surface area contributed by atoms with Gasteiger partial charge in [-0.2, -0.15) is 0 Å². The van der Waals surface area contributed by atoms with Crippen LogP contribution in [0.5, 0.6) is 5.75 Å². The molecule has 2 aromatic rings. The van der Waals surface area contributed by atoms with Crippen molar-refractivity contribution in [1.29, 1.82) is 0 Å². The third kappa shape index (κ3) is 4.25. The smallest absolute Gasteiger partial charge is 0.191 e. The van der Waals surface area contributed by atoms with Crippen molar-refractivity contribution >= 4 is 17.3 Å². The molecule has 27 heavy (non-hydrogen) atoms. The number of nitrogens with one attached hydrogen (secondary N) is 2. The lowest BCUT2D eigenvalue weighted by atomic mass is 9.96. The number of fused-ring (bicyclic) bond motifs is 2. The Balaban J connectivity index is 1.40. The molecule has 2 saturated heterocycles. The number of guanidine groups is 1. The first-order chi connectivity index (χ1) is 13.2. The zero-order valence-corrected chi connectivity index (χ0v) is 16.6. The van der Waals surface area contributed by atoms with E-state index in [0.29, 0.717) is 24.8 Å². The average Bonchev–Trinajstić information content (AvgIpc) is 3.43. The minimum atomic E-state index is 0.333. The Morgan fingerprint density at radius 3 is 2.85 bits per heavy atom. The average molecular weight is 387 g/mol. The van der Waals surface area contributed by atoms with Gasteiger partial charge in [0.1, 0.15) is 10.8 Å². The van der Waals surface area contributed by atoms with Crippen molar-refractivity contribution in [3.63, 3.8) is 0 Å². The molecule has 0 spiro atoms. The Bertz CT molecular complexity index is 790. The third-order valence-electron chi connectivity index (χ3n) is 5.06. The molecule has 7 heteroatoms. The van der Waals surface area contributed by atoms with Crippen LogP contribution < -0.4 is 15.4 Å². The van der Waals surface area contributed by atoms with E-state index in [9.17, 15) is 0 Å². The Hall–Kier alpha value is -2.12. The molecule has 2 fully saturated rings. The van der Waals surface area contributed by atoms with Crippen molar-refractivity contribution in [2.75, 3.05) is 13.7 Å². The van der Waals surface area contributed by atoms with E-state index >= 15 is 0 Å². The van der Waals surface area contributed by atoms with Crippen LogP contribution in [-0.4, -0.2) is 42.8 Å². The zero-order chi connectivity index (χ0) is 18.6. The number of ether oxygens (including phenoxy) is 2. The molecule has 2 aliphatic heterocycles. The second kappa shape index (κ2) is 8.27. The van der Waals surface area contributed by atoms with Gasteiger partial charge in [0.25, 0.3) is 0 Å². The molecule has 2 N–H and O–H groups in total. The van der Waals surface area contributed by atoms with Gasteiger partial charge in [-0.05, 0) is 50.5 Å². The second-order valence-electron chi connectivity index (χ2n) is 6.93. The maximum absolute atomic E-state index is 5.93. The van der Waals surface area contributed by atoms with Crippen molar-refractivity contribution in [3.05, 3.63) is 35.3 Å². The maximum Gasteiger partial charge on any atom is 0.191 e. The van der Waals surface area contributed by atoms with E-state index in [0.717, 1.165) is 47.4 Å². The van der Waals surface area contributed by atoms with Crippen molar-refractivity contribution in [1.82, 2.24) is 15.6 Å². The summed E-state index contributed by atoms with van der Waals surface area (Å²) in [6, 6.07) is 8.35. The number of methoxy groups -OCH3 is 1. The summed E-state index contributed by atoms with van der Waals surface area (Å²) < 4.78 is 11.1. The predicted octanol–water partition coefficient (Wildman–Crippen LogP) is 3.19. The number of aromatic nitrogens is 1. The molecule has 0 aliphatic carbocycles. The van der Waals surface area contributed by atoms with Crippen molar-refractivity contribution in [2.45, 2.75) is 51.0 Å². The first-order valence-electron chi connectivity index (χ1n) is 9.54. The molecule has 0 radical (unpaired) electrons. The van der Waals surface area contributed by atoms with Crippen LogP contribution in [0.2, 0.25) is 0 Å². The van der Waals surface area contributed by atoms with Crippen molar-refractivity contribution in [3.8, 4) is 16.3 Å². The van der Waals surface area contributed by atoms with Gasteiger partial charge in [0, 0.05) is 17.5 Å². The molecule has 3 atom stereocenters. The Morgan fingerprint density at radius 1 is 1.33 bits per heavy atom. The largest absolute Gasteiger partial charge is 0.497 e. The molecular weight excluding hydrogens is 360 g/mol. The van der Waals surface area contributed by atoms with E-state index in [1.807, 2.05) is 24.3 Å². The minimum Gasteiger partial charge on any atom is -0.497 e. The molecule has 0 saturated carbocycles. The zero-order valence-electron chi connectivity index (χ0n) is 15.8. The number of nitrogens with zero attached hydrogens (tertiary/aromatic N) is 2. The lowest BCUT2D eigenvalue weighted by Crippen LogP contribution is -2.47. The van der Waals surface area contributed by atoms with E-state index in [4.69, 9.17) is 19.5 Å². The fourth-order valence-corrected chi connectivity index (χ4v) is 4.51. The first kappa shape index (κ1) is 18.3. The van der Waals surface area contributed by atoms with Crippen molar-refractivity contribution < 1.29 is 9.47 Å². The predicted molar refractivity (Wildman–Crippen MR) is 108 cm³/mol. The van der Waals surface area contributed by atoms with Gasteiger partial charge in [0.05, 0.1) is 37.6 Å². The van der Waals surface area contributed by atoms with Gasteiger partial charge in [0.15, 0.2) is 5.96 Å². The number of hydrogen-bond donors (Lipinski definition) is 2. The fourth-order valence-electron chi connectivity index (χ4n) is 3.69. The van der Waals surface area contributed by atoms with Gasteiger partial charge in [-0.3, -0.25) is 0 Å². The summed E-state index contributed by atoms with van der Waals surface area (Å²) in [6.07, 6.45) is 4.19. The highest BCUT2D eigenvalue weighted by molar-refractivity contribution is 7.13. The summed E-state index contributed by atoms with van der Waals surface area (Å²) in [5.41, 5.74) is 2.08. The van der Waals surface area contributed by atoms with Gasteiger partial charge in [-0.15, -0.1) is 11.3 Å². The van der Waals surface area contributed by atoms with Gasteiger partial charge in [-0.1, -0.05) is 0 Å². The number of rotatable bonds is 6. The van der Waals surface area contributed by atoms with Gasteiger partial charge >= 0.3 is 0 Å². The van der Waals surface area contributed by atoms with E-state index in [2.05, 4.69) is 22.9 Å². The molecule has 3 unspecified atom stereocenters. The van der Waals surface area contributed by atoms with E-state index in [1.54, 1.807) is 18.4 Å². The highest BCUT2D eigenvalue weighted by atomic mass is 32.1. The van der Waals surface area contributed by atoms with Crippen LogP contribution in [0.3, 0.4) is 0 Å². The van der Waals surface area contributed by atoms with Crippen LogP contribution in [0.1, 0.15) is 31.9 Å². The molecule has 4 rings (SSSR count). The summed E-state index contributed by atoms with van der Waals surface area (Å²) in [6.45, 7) is 3.48. The monoisotopic (exact) mass is 386 g/mol. The minimum absolute atomic E-state index is 0.333. The molecular formula is C20H26N4O2S. The number of thiazole rings is 1. The van der Waals surface area contributed by atoms with Crippen LogP contribution in [-0.2, 0) is 11.3 Å². The third-order valence-corrected chi connectivity index (χ3v) is 6.00. The quantitative estimate of drug-likeness (QED) is 0.589. The molecule has 3 heterocycles. The number of benzene rings is 1. The lowest BCUT2D eigenvalue weighted by Gasteiger charge is -2.22. The summed E-state index contributed by atoms with van der Waals surface area (Å²) in [5, 5.41) is 9.96. The Kier molecular flexibility index (Phi) is 5.59. The second-order valence-corrected chi connectivity index (χ2v) is 7.79. The molecule has 0 amide bonds. The normalized spacial score (nSPS) is 24.2. The SMILES string of the molecule is CCNC(=NCc1csc(-c2ccc(OC)cc2)n1)NC1CC2CCC1O2. The molecule has 1 aromatic heterocycles. The Labute approximate surface area is 164 Å². The van der Waals surface area contributed by atoms with Crippen LogP contribution in [0, 0.1) is 0 Å². The van der Waals surface area contributed by atoms with Crippen LogP contribution in [0.15, 0.2) is 34.6 Å². The lowest BCUT2D eigenvalue weighted by molar-refractivity contribution is 0.0992. The van der Waals surface area contributed by atoms with Gasteiger partial charge in [-0.25, -0.2) is 9.98 Å². The highest BCUT2D eigenvalue weighted by Crippen LogP contribution is 2.34. The van der Waals surface area contributed by atoms with Crippen molar-refractivity contribution in [2.24, 2.45) is 4.99 Å². The summed E-state index contributed by atoms with van der Waals surface area (Å²) in [5.74, 6) is 1.70. The molecule has 144 valence electrons. The van der Waals surface area contributed by atoms with Crippen LogP contribution in [0.25, 0.3) is 10.6 Å². The number of aliphatic imine (C=N–C) groups is 1. The topological polar surface area (TPSA) is 67.8 Å².